The minimum absolute atomic E-state index is 0.120. The number of aryl methyl sites for hydroxylation is 2. The van der Waals surface area contributed by atoms with Crippen LogP contribution in [0, 0.1) is 13.8 Å². The first-order valence-electron chi connectivity index (χ1n) is 8.61. The molecule has 0 saturated heterocycles. The van der Waals surface area contributed by atoms with E-state index in [1.54, 1.807) is 0 Å². The Morgan fingerprint density at radius 1 is 1.19 bits per heavy atom. The second-order valence-electron chi connectivity index (χ2n) is 6.61. The number of amides is 1. The number of aromatic amines is 1. The van der Waals surface area contributed by atoms with E-state index >= 15 is 0 Å². The molecule has 5 nitrogen and oxygen atoms in total. The van der Waals surface area contributed by atoms with E-state index < -0.39 is 0 Å². The lowest BCUT2D eigenvalue weighted by atomic mass is 9.94. The first-order chi connectivity index (χ1) is 12.5. The van der Waals surface area contributed by atoms with E-state index in [1.807, 2.05) is 43.5 Å². The van der Waals surface area contributed by atoms with Gasteiger partial charge in [0.25, 0.3) is 5.91 Å². The third-order valence-electron chi connectivity index (χ3n) is 4.74. The quantitative estimate of drug-likeness (QED) is 0.716. The number of anilines is 1. The Kier molecular flexibility index (Phi) is 4.20. The highest BCUT2D eigenvalue weighted by molar-refractivity contribution is 7.14. The van der Waals surface area contributed by atoms with Crippen LogP contribution in [0.4, 0.5) is 5.13 Å². The molecule has 1 aromatic carbocycles. The third kappa shape index (κ3) is 2.97. The van der Waals surface area contributed by atoms with Crippen LogP contribution in [0.25, 0.3) is 11.3 Å². The number of thiazole rings is 1. The lowest BCUT2D eigenvalue weighted by molar-refractivity contribution is 0.0971. The summed E-state index contributed by atoms with van der Waals surface area (Å²) in [7, 11) is 0. The summed E-state index contributed by atoms with van der Waals surface area (Å²) in [6, 6.07) is 8.11. The van der Waals surface area contributed by atoms with Gasteiger partial charge in [0.2, 0.25) is 0 Å². The van der Waals surface area contributed by atoms with Gasteiger partial charge < -0.3 is 4.98 Å². The Morgan fingerprint density at radius 3 is 2.69 bits per heavy atom. The minimum atomic E-state index is -0.255. The van der Waals surface area contributed by atoms with Gasteiger partial charge in [0, 0.05) is 28.6 Å². The summed E-state index contributed by atoms with van der Waals surface area (Å²) >= 11 is 1.39. The number of H-pyrrole nitrogens is 1. The Hall–Kier alpha value is -2.73. The normalized spacial score (nSPS) is 13.5. The Labute approximate surface area is 155 Å². The lowest BCUT2D eigenvalue weighted by Crippen LogP contribution is -2.13. The molecule has 26 heavy (non-hydrogen) atoms. The smallest absolute Gasteiger partial charge is 0.274 e. The second kappa shape index (κ2) is 6.53. The van der Waals surface area contributed by atoms with E-state index in [1.165, 1.54) is 16.9 Å². The molecule has 2 heterocycles. The van der Waals surface area contributed by atoms with Crippen molar-refractivity contribution in [1.82, 2.24) is 9.97 Å². The molecule has 1 aliphatic carbocycles. The number of carbonyl (C=O) groups excluding carboxylic acids is 2. The molecule has 1 amide bonds. The molecule has 4 rings (SSSR count). The summed E-state index contributed by atoms with van der Waals surface area (Å²) in [5, 5.41) is 5.32. The molecule has 2 N–H and O–H groups in total. The van der Waals surface area contributed by atoms with E-state index in [2.05, 4.69) is 15.3 Å². The molecule has 6 heteroatoms. The van der Waals surface area contributed by atoms with Gasteiger partial charge in [-0.1, -0.05) is 29.8 Å². The second-order valence-corrected chi connectivity index (χ2v) is 7.47. The summed E-state index contributed by atoms with van der Waals surface area (Å²) < 4.78 is 0. The van der Waals surface area contributed by atoms with Crippen LogP contribution in [0.5, 0.6) is 0 Å². The molecule has 0 radical (unpaired) electrons. The van der Waals surface area contributed by atoms with Gasteiger partial charge in [0.1, 0.15) is 5.69 Å². The molecule has 3 aromatic rings. The first-order valence-corrected chi connectivity index (χ1v) is 9.49. The highest BCUT2D eigenvalue weighted by Gasteiger charge is 2.26. The van der Waals surface area contributed by atoms with Crippen LogP contribution in [-0.4, -0.2) is 21.7 Å². The van der Waals surface area contributed by atoms with Crippen molar-refractivity contribution in [2.75, 3.05) is 5.32 Å². The monoisotopic (exact) mass is 365 g/mol. The SMILES string of the molecule is Cc1ccc(-c2csc(NC(=O)c3[nH]c4c(c3C)C(=O)CCC4)n2)cc1. The topological polar surface area (TPSA) is 74.8 Å². The number of nitrogens with one attached hydrogen (secondary N) is 2. The summed E-state index contributed by atoms with van der Waals surface area (Å²) in [6.45, 7) is 3.87. The van der Waals surface area contributed by atoms with Crippen LogP contribution in [-0.2, 0) is 6.42 Å². The number of carbonyl (C=O) groups is 2. The largest absolute Gasteiger partial charge is 0.354 e. The molecule has 2 aromatic heterocycles. The van der Waals surface area contributed by atoms with Crippen molar-refractivity contribution in [3.63, 3.8) is 0 Å². The van der Waals surface area contributed by atoms with Gasteiger partial charge in [0.05, 0.1) is 5.69 Å². The van der Waals surface area contributed by atoms with E-state index in [9.17, 15) is 9.59 Å². The number of benzene rings is 1. The fourth-order valence-corrected chi connectivity index (χ4v) is 4.06. The zero-order valence-electron chi connectivity index (χ0n) is 14.7. The van der Waals surface area contributed by atoms with Gasteiger partial charge in [-0.3, -0.25) is 14.9 Å². The highest BCUT2D eigenvalue weighted by atomic mass is 32.1. The number of hydrogen-bond donors (Lipinski definition) is 2. The van der Waals surface area contributed by atoms with Crippen LogP contribution in [0.1, 0.15) is 50.5 Å². The van der Waals surface area contributed by atoms with E-state index in [0.29, 0.717) is 22.8 Å². The number of aromatic nitrogens is 2. The predicted octanol–water partition coefficient (Wildman–Crippen LogP) is 4.53. The van der Waals surface area contributed by atoms with E-state index in [0.717, 1.165) is 35.4 Å². The van der Waals surface area contributed by atoms with Gasteiger partial charge >= 0.3 is 0 Å². The van der Waals surface area contributed by atoms with Crippen LogP contribution in [0.2, 0.25) is 0 Å². The van der Waals surface area contributed by atoms with Crippen LogP contribution in [0.3, 0.4) is 0 Å². The van der Waals surface area contributed by atoms with Gasteiger partial charge in [-0.15, -0.1) is 11.3 Å². The van der Waals surface area contributed by atoms with Crippen molar-refractivity contribution in [3.8, 4) is 11.3 Å². The molecule has 0 spiro atoms. The number of nitrogens with zero attached hydrogens (tertiary/aromatic N) is 1. The maximum Gasteiger partial charge on any atom is 0.274 e. The van der Waals surface area contributed by atoms with E-state index in [4.69, 9.17) is 0 Å². The molecule has 0 aliphatic heterocycles. The van der Waals surface area contributed by atoms with Crippen molar-refractivity contribution >= 4 is 28.2 Å². The minimum Gasteiger partial charge on any atom is -0.354 e. The number of hydrogen-bond acceptors (Lipinski definition) is 4. The van der Waals surface area contributed by atoms with Crippen molar-refractivity contribution in [3.05, 3.63) is 57.7 Å². The summed E-state index contributed by atoms with van der Waals surface area (Å²) in [5.41, 5.74) is 5.81. The van der Waals surface area contributed by atoms with Gasteiger partial charge in [-0.2, -0.15) is 0 Å². The fraction of sp³-hybridized carbons (Fsp3) is 0.250. The van der Waals surface area contributed by atoms with Crippen molar-refractivity contribution in [2.24, 2.45) is 0 Å². The highest BCUT2D eigenvalue weighted by Crippen LogP contribution is 2.28. The molecule has 0 fully saturated rings. The first kappa shape index (κ1) is 16.7. The molecule has 0 atom stereocenters. The zero-order valence-corrected chi connectivity index (χ0v) is 15.5. The molecular formula is C20H19N3O2S. The maximum absolute atomic E-state index is 12.7. The maximum atomic E-state index is 12.7. The van der Waals surface area contributed by atoms with Crippen molar-refractivity contribution in [2.45, 2.75) is 33.1 Å². The van der Waals surface area contributed by atoms with Gasteiger partial charge in [0.15, 0.2) is 10.9 Å². The van der Waals surface area contributed by atoms with Gasteiger partial charge in [-0.25, -0.2) is 4.98 Å². The molecule has 0 saturated carbocycles. The Balaban J connectivity index is 1.56. The molecule has 0 bridgehead atoms. The van der Waals surface area contributed by atoms with Crippen molar-refractivity contribution in [1.29, 1.82) is 0 Å². The number of rotatable bonds is 3. The standard InChI is InChI=1S/C20H19N3O2S/c1-11-6-8-13(9-7-11)15-10-26-20(22-15)23-19(25)18-12(2)17-14(21-18)4-3-5-16(17)24/h6-10,21H,3-5H2,1-2H3,(H,22,23,25). The number of fused-ring (bicyclic) bond motifs is 1. The van der Waals surface area contributed by atoms with E-state index in [-0.39, 0.29) is 11.7 Å². The summed E-state index contributed by atoms with van der Waals surface area (Å²) in [5.74, 6) is -0.135. The van der Waals surface area contributed by atoms with Crippen LogP contribution >= 0.6 is 11.3 Å². The Bertz CT molecular complexity index is 999. The lowest BCUT2D eigenvalue weighted by Gasteiger charge is -2.09. The molecular weight excluding hydrogens is 346 g/mol. The number of ketones is 1. The molecule has 0 unspecified atom stereocenters. The average molecular weight is 365 g/mol. The van der Waals surface area contributed by atoms with Gasteiger partial charge in [-0.05, 0) is 32.3 Å². The molecule has 1 aliphatic rings. The fourth-order valence-electron chi connectivity index (χ4n) is 3.35. The van der Waals surface area contributed by atoms with Crippen LogP contribution in [0.15, 0.2) is 29.6 Å². The van der Waals surface area contributed by atoms with Crippen LogP contribution < -0.4 is 5.32 Å². The average Bonchev–Trinajstić information content (AvgIpc) is 3.21. The number of Topliss-reactive ketones (excluding diaryl/α,β-unsaturated/α-hetero) is 1. The summed E-state index contributed by atoms with van der Waals surface area (Å²) in [4.78, 5) is 32.4. The summed E-state index contributed by atoms with van der Waals surface area (Å²) in [6.07, 6.45) is 2.20. The molecule has 132 valence electrons. The predicted molar refractivity (Wildman–Crippen MR) is 103 cm³/mol. The zero-order chi connectivity index (χ0) is 18.3. The van der Waals surface area contributed by atoms with Crippen molar-refractivity contribution < 1.29 is 9.59 Å². The third-order valence-corrected chi connectivity index (χ3v) is 5.49. The Morgan fingerprint density at radius 2 is 1.96 bits per heavy atom.